The lowest BCUT2D eigenvalue weighted by Crippen LogP contribution is -1.99. The average molecular weight is 246 g/mol. The minimum atomic E-state index is -0.427. The number of hydrogen-bond donors (Lipinski definition) is 0. The first-order valence-electron chi connectivity index (χ1n) is 3.53. The molecule has 12 heavy (non-hydrogen) atoms. The molecule has 1 aromatic heterocycles. The van der Waals surface area contributed by atoms with E-state index >= 15 is 0 Å². The van der Waals surface area contributed by atoms with Crippen LogP contribution in [0.15, 0.2) is 15.9 Å². The van der Waals surface area contributed by atoms with Gasteiger partial charge in [0.15, 0.2) is 6.10 Å². The Hall–Kier alpha value is -0.370. The molecule has 4 heteroatoms. The van der Waals surface area contributed by atoms with Crippen molar-refractivity contribution >= 4 is 27.3 Å². The molecule has 1 rings (SSSR count). The second kappa shape index (κ2) is 4.61. The Bertz CT molecular complexity index is 291. The number of nitrogens with zero attached hydrogens (tertiary/aromatic N) is 1. The van der Waals surface area contributed by atoms with Crippen molar-refractivity contribution in [2.24, 2.45) is 0 Å². The molecule has 2 nitrogen and oxygen atoms in total. The lowest BCUT2D eigenvalue weighted by Gasteiger charge is -2.06. The third-order valence-electron chi connectivity index (χ3n) is 1.33. The Morgan fingerprint density at radius 2 is 2.58 bits per heavy atom. The van der Waals surface area contributed by atoms with Crippen molar-refractivity contribution in [3.63, 3.8) is 0 Å². The van der Waals surface area contributed by atoms with Crippen LogP contribution < -0.4 is 0 Å². The van der Waals surface area contributed by atoms with Crippen molar-refractivity contribution in [1.82, 2.24) is 0 Å². The number of hydrogen-bond acceptors (Lipinski definition) is 3. The van der Waals surface area contributed by atoms with E-state index in [4.69, 9.17) is 10.00 Å². The standard InChI is InChI=1S/C8H8BrNOS/c1-2-11-7(5-10)8-6(9)3-4-12-8/h3-4,7H,2H2,1H3. The van der Waals surface area contributed by atoms with E-state index in [1.807, 2.05) is 18.4 Å². The highest BCUT2D eigenvalue weighted by atomic mass is 79.9. The van der Waals surface area contributed by atoms with Gasteiger partial charge in [0.25, 0.3) is 0 Å². The fourth-order valence-corrected chi connectivity index (χ4v) is 2.40. The van der Waals surface area contributed by atoms with E-state index in [9.17, 15) is 0 Å². The Morgan fingerprint density at radius 1 is 1.83 bits per heavy atom. The first kappa shape index (κ1) is 9.72. The summed E-state index contributed by atoms with van der Waals surface area (Å²) in [6.07, 6.45) is -0.427. The van der Waals surface area contributed by atoms with Crippen LogP contribution in [0.2, 0.25) is 0 Å². The quantitative estimate of drug-likeness (QED) is 0.820. The molecule has 0 aliphatic carbocycles. The predicted molar refractivity (Wildman–Crippen MR) is 52.0 cm³/mol. The molecule has 0 aromatic carbocycles. The number of nitriles is 1. The monoisotopic (exact) mass is 245 g/mol. The van der Waals surface area contributed by atoms with E-state index in [0.29, 0.717) is 6.61 Å². The molecule has 0 fully saturated rings. The zero-order valence-corrected chi connectivity index (χ0v) is 8.98. The molecule has 64 valence electrons. The summed E-state index contributed by atoms with van der Waals surface area (Å²) in [5.74, 6) is 0. The van der Waals surface area contributed by atoms with Crippen LogP contribution in [-0.4, -0.2) is 6.61 Å². The topological polar surface area (TPSA) is 33.0 Å². The lowest BCUT2D eigenvalue weighted by atomic mass is 10.3. The van der Waals surface area contributed by atoms with Gasteiger partial charge < -0.3 is 4.74 Å². The maximum Gasteiger partial charge on any atom is 0.179 e. The molecule has 0 saturated heterocycles. The zero-order chi connectivity index (χ0) is 8.97. The molecule has 1 aromatic rings. The van der Waals surface area contributed by atoms with Crippen molar-refractivity contribution in [2.45, 2.75) is 13.0 Å². The van der Waals surface area contributed by atoms with Crippen LogP contribution in [-0.2, 0) is 4.74 Å². The highest BCUT2D eigenvalue weighted by molar-refractivity contribution is 9.10. The Morgan fingerprint density at radius 3 is 3.00 bits per heavy atom. The Balaban J connectivity index is 2.81. The normalized spacial score (nSPS) is 12.4. The van der Waals surface area contributed by atoms with Gasteiger partial charge >= 0.3 is 0 Å². The molecular weight excluding hydrogens is 238 g/mol. The molecule has 0 amide bonds. The van der Waals surface area contributed by atoms with Gasteiger partial charge in [-0.1, -0.05) is 0 Å². The van der Waals surface area contributed by atoms with Crippen LogP contribution in [0.5, 0.6) is 0 Å². The largest absolute Gasteiger partial charge is 0.358 e. The lowest BCUT2D eigenvalue weighted by molar-refractivity contribution is 0.104. The average Bonchev–Trinajstić information content (AvgIpc) is 2.47. The van der Waals surface area contributed by atoms with Gasteiger partial charge in [-0.25, -0.2) is 0 Å². The van der Waals surface area contributed by atoms with Crippen molar-refractivity contribution in [2.75, 3.05) is 6.61 Å². The Kier molecular flexibility index (Phi) is 3.73. The maximum absolute atomic E-state index is 8.76. The van der Waals surface area contributed by atoms with Crippen LogP contribution >= 0.6 is 27.3 Å². The summed E-state index contributed by atoms with van der Waals surface area (Å²) in [7, 11) is 0. The molecule has 1 atom stereocenters. The molecule has 0 bridgehead atoms. The van der Waals surface area contributed by atoms with E-state index in [1.54, 1.807) is 0 Å². The molecule has 0 N–H and O–H groups in total. The minimum absolute atomic E-state index is 0.427. The van der Waals surface area contributed by atoms with Crippen molar-refractivity contribution < 1.29 is 4.74 Å². The smallest absolute Gasteiger partial charge is 0.179 e. The summed E-state index contributed by atoms with van der Waals surface area (Å²) in [6.45, 7) is 2.44. The molecule has 0 radical (unpaired) electrons. The fraction of sp³-hybridized carbons (Fsp3) is 0.375. The number of rotatable bonds is 3. The van der Waals surface area contributed by atoms with Gasteiger partial charge in [0, 0.05) is 11.1 Å². The van der Waals surface area contributed by atoms with E-state index in [-0.39, 0.29) is 0 Å². The first-order chi connectivity index (χ1) is 5.79. The van der Waals surface area contributed by atoms with Gasteiger partial charge in [-0.15, -0.1) is 11.3 Å². The van der Waals surface area contributed by atoms with E-state index in [2.05, 4.69) is 22.0 Å². The molecule has 1 unspecified atom stereocenters. The van der Waals surface area contributed by atoms with Crippen molar-refractivity contribution in [3.8, 4) is 6.07 Å². The van der Waals surface area contributed by atoms with Crippen LogP contribution in [0.4, 0.5) is 0 Å². The molecule has 0 aliphatic heterocycles. The molecule has 1 heterocycles. The summed E-state index contributed by atoms with van der Waals surface area (Å²) >= 11 is 4.88. The SMILES string of the molecule is CCOC(C#N)c1sccc1Br. The van der Waals surface area contributed by atoms with E-state index in [1.165, 1.54) is 11.3 Å². The molecular formula is C8H8BrNOS. The second-order valence-electron chi connectivity index (χ2n) is 2.10. The number of thiophene rings is 1. The number of halogens is 1. The van der Waals surface area contributed by atoms with Crippen LogP contribution in [0.25, 0.3) is 0 Å². The van der Waals surface area contributed by atoms with Crippen LogP contribution in [0, 0.1) is 11.3 Å². The fourth-order valence-electron chi connectivity index (χ4n) is 0.831. The highest BCUT2D eigenvalue weighted by Crippen LogP contribution is 2.30. The second-order valence-corrected chi connectivity index (χ2v) is 3.90. The van der Waals surface area contributed by atoms with Gasteiger partial charge in [0.2, 0.25) is 0 Å². The zero-order valence-electron chi connectivity index (χ0n) is 6.58. The van der Waals surface area contributed by atoms with Gasteiger partial charge in [-0.05, 0) is 34.3 Å². The number of ether oxygens (including phenoxy) is 1. The van der Waals surface area contributed by atoms with Crippen LogP contribution in [0.3, 0.4) is 0 Å². The first-order valence-corrected chi connectivity index (χ1v) is 5.21. The molecule has 0 saturated carbocycles. The summed E-state index contributed by atoms with van der Waals surface area (Å²) in [6, 6.07) is 4.02. The summed E-state index contributed by atoms with van der Waals surface area (Å²) in [5, 5.41) is 10.7. The van der Waals surface area contributed by atoms with Crippen molar-refractivity contribution in [1.29, 1.82) is 5.26 Å². The highest BCUT2D eigenvalue weighted by Gasteiger charge is 2.14. The van der Waals surface area contributed by atoms with E-state index in [0.717, 1.165) is 9.35 Å². The van der Waals surface area contributed by atoms with Gasteiger partial charge in [0.1, 0.15) is 6.07 Å². The maximum atomic E-state index is 8.76. The van der Waals surface area contributed by atoms with Gasteiger partial charge in [-0.2, -0.15) is 5.26 Å². The summed E-state index contributed by atoms with van der Waals surface area (Å²) in [5.41, 5.74) is 0. The minimum Gasteiger partial charge on any atom is -0.358 e. The van der Waals surface area contributed by atoms with E-state index < -0.39 is 6.10 Å². The van der Waals surface area contributed by atoms with Gasteiger partial charge in [0.05, 0.1) is 4.88 Å². The van der Waals surface area contributed by atoms with Crippen LogP contribution in [0.1, 0.15) is 17.9 Å². The van der Waals surface area contributed by atoms with Gasteiger partial charge in [-0.3, -0.25) is 0 Å². The molecule has 0 aliphatic rings. The third kappa shape index (κ3) is 2.07. The summed E-state index contributed by atoms with van der Waals surface area (Å²) in [4.78, 5) is 0.944. The predicted octanol–water partition coefficient (Wildman–Crippen LogP) is 3.11. The third-order valence-corrected chi connectivity index (χ3v) is 3.25. The Labute approximate surface area is 83.9 Å². The molecule has 0 spiro atoms. The van der Waals surface area contributed by atoms with Crippen molar-refractivity contribution in [3.05, 3.63) is 20.8 Å². The summed E-state index contributed by atoms with van der Waals surface area (Å²) < 4.78 is 6.19.